The van der Waals surface area contributed by atoms with E-state index in [4.69, 9.17) is 9.15 Å². The predicted octanol–water partition coefficient (Wildman–Crippen LogP) is 3.01. The Bertz CT molecular complexity index is 451. The van der Waals surface area contributed by atoms with Crippen LogP contribution >= 0.6 is 0 Å². The van der Waals surface area contributed by atoms with Crippen LogP contribution in [0, 0.1) is 0 Å². The van der Waals surface area contributed by atoms with Crippen LogP contribution in [0.1, 0.15) is 18.2 Å². The minimum absolute atomic E-state index is 0.704. The molecule has 0 bridgehead atoms. The normalized spacial score (nSPS) is 10.5. The van der Waals surface area contributed by atoms with Gasteiger partial charge in [-0.05, 0) is 36.8 Å². The summed E-state index contributed by atoms with van der Waals surface area (Å²) in [6, 6.07) is 12.1. The van der Waals surface area contributed by atoms with Crippen molar-refractivity contribution >= 4 is 0 Å². The summed E-state index contributed by atoms with van der Waals surface area (Å²) < 4.78 is 10.7. The van der Waals surface area contributed by atoms with E-state index in [0.717, 1.165) is 31.0 Å². The lowest BCUT2D eigenvalue weighted by Crippen LogP contribution is -2.16. The van der Waals surface area contributed by atoms with Gasteiger partial charge in [-0.2, -0.15) is 0 Å². The zero-order valence-corrected chi connectivity index (χ0v) is 10.7. The van der Waals surface area contributed by atoms with Gasteiger partial charge in [-0.15, -0.1) is 0 Å². The molecule has 0 fully saturated rings. The van der Waals surface area contributed by atoms with Crippen LogP contribution in [0.2, 0.25) is 0 Å². The lowest BCUT2D eigenvalue weighted by atomic mass is 10.2. The number of rotatable bonds is 7. The van der Waals surface area contributed by atoms with Gasteiger partial charge in [0.15, 0.2) is 0 Å². The van der Waals surface area contributed by atoms with Gasteiger partial charge < -0.3 is 14.5 Å². The van der Waals surface area contributed by atoms with E-state index in [1.54, 1.807) is 6.26 Å². The number of ether oxygens (including phenoxy) is 1. The molecule has 0 atom stereocenters. The first-order valence-electron chi connectivity index (χ1n) is 6.33. The molecule has 3 heteroatoms. The number of furan rings is 1. The highest BCUT2D eigenvalue weighted by Gasteiger charge is 1.98. The third kappa shape index (κ3) is 3.93. The highest BCUT2D eigenvalue weighted by molar-refractivity contribution is 5.28. The maximum absolute atomic E-state index is 5.47. The summed E-state index contributed by atoms with van der Waals surface area (Å²) in [6.07, 6.45) is 2.62. The second-order valence-electron chi connectivity index (χ2n) is 4.09. The van der Waals surface area contributed by atoms with Gasteiger partial charge in [-0.1, -0.05) is 12.1 Å². The van der Waals surface area contributed by atoms with E-state index in [0.29, 0.717) is 6.61 Å². The number of nitrogens with one attached hydrogen (secondary N) is 1. The van der Waals surface area contributed by atoms with Gasteiger partial charge in [0, 0.05) is 19.5 Å². The van der Waals surface area contributed by atoms with E-state index in [2.05, 4.69) is 17.4 Å². The zero-order valence-electron chi connectivity index (χ0n) is 10.7. The van der Waals surface area contributed by atoms with Crippen molar-refractivity contribution in [2.45, 2.75) is 19.9 Å². The van der Waals surface area contributed by atoms with Gasteiger partial charge in [-0.25, -0.2) is 0 Å². The average molecular weight is 245 g/mol. The Labute approximate surface area is 108 Å². The SMILES string of the molecule is CCOc1cccc(CNCCc2ccco2)c1. The van der Waals surface area contributed by atoms with Crippen molar-refractivity contribution < 1.29 is 9.15 Å². The summed E-state index contributed by atoms with van der Waals surface area (Å²) in [7, 11) is 0. The second kappa shape index (κ2) is 6.87. The molecule has 0 aliphatic rings. The zero-order chi connectivity index (χ0) is 12.6. The smallest absolute Gasteiger partial charge is 0.119 e. The molecule has 96 valence electrons. The van der Waals surface area contributed by atoms with E-state index in [1.807, 2.05) is 31.2 Å². The van der Waals surface area contributed by atoms with Crippen molar-refractivity contribution in [3.63, 3.8) is 0 Å². The van der Waals surface area contributed by atoms with Crippen LogP contribution in [0.5, 0.6) is 5.75 Å². The van der Waals surface area contributed by atoms with Crippen LogP contribution in [0.15, 0.2) is 47.1 Å². The van der Waals surface area contributed by atoms with Crippen LogP contribution in [-0.2, 0) is 13.0 Å². The number of benzene rings is 1. The molecule has 1 aromatic heterocycles. The topological polar surface area (TPSA) is 34.4 Å². The van der Waals surface area contributed by atoms with Gasteiger partial charge in [0.05, 0.1) is 12.9 Å². The molecule has 1 heterocycles. The molecule has 18 heavy (non-hydrogen) atoms. The van der Waals surface area contributed by atoms with Crippen molar-refractivity contribution in [1.82, 2.24) is 5.32 Å². The van der Waals surface area contributed by atoms with Crippen molar-refractivity contribution in [3.8, 4) is 5.75 Å². The van der Waals surface area contributed by atoms with Crippen LogP contribution < -0.4 is 10.1 Å². The van der Waals surface area contributed by atoms with Crippen molar-refractivity contribution in [3.05, 3.63) is 54.0 Å². The van der Waals surface area contributed by atoms with Gasteiger partial charge in [-0.3, -0.25) is 0 Å². The summed E-state index contributed by atoms with van der Waals surface area (Å²) in [5.41, 5.74) is 1.24. The fourth-order valence-electron chi connectivity index (χ4n) is 1.81. The first kappa shape index (κ1) is 12.7. The molecular formula is C15H19NO2. The van der Waals surface area contributed by atoms with E-state index in [-0.39, 0.29) is 0 Å². The summed E-state index contributed by atoms with van der Waals surface area (Å²) in [6.45, 7) is 4.46. The Morgan fingerprint density at radius 3 is 2.94 bits per heavy atom. The third-order valence-electron chi connectivity index (χ3n) is 2.67. The number of hydrogen-bond donors (Lipinski definition) is 1. The largest absolute Gasteiger partial charge is 0.494 e. The molecule has 0 aliphatic heterocycles. The molecule has 2 rings (SSSR count). The standard InChI is InChI=1S/C15H19NO2/c1-2-17-15-6-3-5-13(11-15)12-16-9-8-14-7-4-10-18-14/h3-7,10-11,16H,2,8-9,12H2,1H3. The highest BCUT2D eigenvalue weighted by atomic mass is 16.5. The summed E-state index contributed by atoms with van der Waals surface area (Å²) in [5.74, 6) is 1.95. The Balaban J connectivity index is 1.74. The van der Waals surface area contributed by atoms with E-state index in [9.17, 15) is 0 Å². The first-order valence-corrected chi connectivity index (χ1v) is 6.33. The summed E-state index contributed by atoms with van der Waals surface area (Å²) in [5, 5.41) is 3.39. The predicted molar refractivity (Wildman–Crippen MR) is 71.7 cm³/mol. The molecule has 1 aromatic carbocycles. The van der Waals surface area contributed by atoms with Gasteiger partial charge in [0.2, 0.25) is 0 Å². The van der Waals surface area contributed by atoms with E-state index >= 15 is 0 Å². The van der Waals surface area contributed by atoms with Gasteiger partial charge in [0.1, 0.15) is 11.5 Å². The Kier molecular flexibility index (Phi) is 4.85. The fraction of sp³-hybridized carbons (Fsp3) is 0.333. The molecule has 0 radical (unpaired) electrons. The summed E-state index contributed by atoms with van der Waals surface area (Å²) >= 11 is 0. The molecule has 0 saturated heterocycles. The molecule has 1 N–H and O–H groups in total. The molecular weight excluding hydrogens is 226 g/mol. The highest BCUT2D eigenvalue weighted by Crippen LogP contribution is 2.12. The van der Waals surface area contributed by atoms with Gasteiger partial charge >= 0.3 is 0 Å². The molecule has 3 nitrogen and oxygen atoms in total. The maximum atomic E-state index is 5.47. The molecule has 0 aliphatic carbocycles. The first-order chi connectivity index (χ1) is 8.88. The maximum Gasteiger partial charge on any atom is 0.119 e. The Morgan fingerprint density at radius 2 is 2.17 bits per heavy atom. The molecule has 0 spiro atoms. The van der Waals surface area contributed by atoms with Crippen molar-refractivity contribution in [1.29, 1.82) is 0 Å². The fourth-order valence-corrected chi connectivity index (χ4v) is 1.81. The van der Waals surface area contributed by atoms with Crippen LogP contribution in [0.4, 0.5) is 0 Å². The third-order valence-corrected chi connectivity index (χ3v) is 2.67. The van der Waals surface area contributed by atoms with Gasteiger partial charge in [0.25, 0.3) is 0 Å². The van der Waals surface area contributed by atoms with E-state index < -0.39 is 0 Å². The molecule has 0 unspecified atom stereocenters. The Morgan fingerprint density at radius 1 is 1.22 bits per heavy atom. The second-order valence-corrected chi connectivity index (χ2v) is 4.09. The van der Waals surface area contributed by atoms with Crippen LogP contribution in [-0.4, -0.2) is 13.2 Å². The number of hydrogen-bond acceptors (Lipinski definition) is 3. The van der Waals surface area contributed by atoms with Crippen molar-refractivity contribution in [2.24, 2.45) is 0 Å². The van der Waals surface area contributed by atoms with E-state index in [1.165, 1.54) is 5.56 Å². The minimum atomic E-state index is 0.704. The van der Waals surface area contributed by atoms with Crippen LogP contribution in [0.3, 0.4) is 0 Å². The monoisotopic (exact) mass is 245 g/mol. The Hall–Kier alpha value is -1.74. The minimum Gasteiger partial charge on any atom is -0.494 e. The average Bonchev–Trinajstić information content (AvgIpc) is 2.89. The lowest BCUT2D eigenvalue weighted by Gasteiger charge is -2.07. The lowest BCUT2D eigenvalue weighted by molar-refractivity contribution is 0.340. The molecule has 0 amide bonds. The summed E-state index contributed by atoms with van der Waals surface area (Å²) in [4.78, 5) is 0. The quantitative estimate of drug-likeness (QED) is 0.761. The van der Waals surface area contributed by atoms with Crippen LogP contribution in [0.25, 0.3) is 0 Å². The molecule has 2 aromatic rings. The van der Waals surface area contributed by atoms with Crippen molar-refractivity contribution in [2.75, 3.05) is 13.2 Å². The molecule has 0 saturated carbocycles.